The van der Waals surface area contributed by atoms with Crippen molar-refractivity contribution in [3.05, 3.63) is 23.0 Å². The molecule has 0 saturated carbocycles. The maximum absolute atomic E-state index is 12.1. The van der Waals surface area contributed by atoms with Crippen LogP contribution in [0.15, 0.2) is 6.07 Å². The van der Waals surface area contributed by atoms with Gasteiger partial charge in [0.05, 0.1) is 6.10 Å². The molecule has 0 spiro atoms. The molecule has 0 aliphatic carbocycles. The molecule has 0 bridgehead atoms. The zero-order chi connectivity index (χ0) is 13.7. The fraction of sp³-hybridized carbons (Fsp3) is 0.667. The van der Waals surface area contributed by atoms with E-state index in [-0.39, 0.29) is 18.5 Å². The number of nitrogens with zero attached hydrogens (tertiary/aromatic N) is 1. The molecule has 0 aromatic carbocycles. The lowest BCUT2D eigenvalue weighted by Crippen LogP contribution is -2.16. The molecule has 0 N–H and O–H groups in total. The molecular weight excluding hydrogens is 226 g/mol. The molecule has 1 atom stereocenters. The lowest BCUT2D eigenvalue weighted by molar-refractivity contribution is 0.0490. The van der Waals surface area contributed by atoms with E-state index in [1.165, 1.54) is 0 Å². The Labute approximate surface area is 110 Å². The Morgan fingerprint density at radius 2 is 2.06 bits per heavy atom. The summed E-state index contributed by atoms with van der Waals surface area (Å²) in [4.78, 5) is 12.1. The van der Waals surface area contributed by atoms with Crippen molar-refractivity contribution in [3.8, 4) is 0 Å². The third-order valence-electron chi connectivity index (χ3n) is 3.38. The van der Waals surface area contributed by atoms with Gasteiger partial charge in [0.25, 0.3) is 0 Å². The van der Waals surface area contributed by atoms with Gasteiger partial charge in [-0.2, -0.15) is 0 Å². The van der Waals surface area contributed by atoms with Gasteiger partial charge in [0.15, 0.2) is 5.78 Å². The number of hydrogen-bond donors (Lipinski definition) is 0. The molecule has 3 nitrogen and oxygen atoms in total. The summed E-state index contributed by atoms with van der Waals surface area (Å²) in [5.74, 6) is 0.0887. The first kappa shape index (κ1) is 15.0. The molecule has 0 fully saturated rings. The van der Waals surface area contributed by atoms with Crippen molar-refractivity contribution in [2.75, 3.05) is 6.61 Å². The largest absolute Gasteiger partial charge is 0.370 e. The summed E-state index contributed by atoms with van der Waals surface area (Å²) in [6.07, 6.45) is 2.25. The number of rotatable bonds is 7. The van der Waals surface area contributed by atoms with Crippen LogP contribution in [-0.4, -0.2) is 23.1 Å². The van der Waals surface area contributed by atoms with Crippen molar-refractivity contribution in [1.82, 2.24) is 4.57 Å². The van der Waals surface area contributed by atoms with Crippen molar-refractivity contribution < 1.29 is 9.53 Å². The highest BCUT2D eigenvalue weighted by molar-refractivity contribution is 5.98. The van der Waals surface area contributed by atoms with Gasteiger partial charge in [-0.25, -0.2) is 0 Å². The Morgan fingerprint density at radius 1 is 1.39 bits per heavy atom. The van der Waals surface area contributed by atoms with E-state index in [9.17, 15) is 4.79 Å². The molecule has 102 valence electrons. The van der Waals surface area contributed by atoms with E-state index in [2.05, 4.69) is 18.4 Å². The lowest BCUT2D eigenvalue weighted by atomic mass is 10.1. The van der Waals surface area contributed by atoms with Crippen molar-refractivity contribution in [3.63, 3.8) is 0 Å². The third-order valence-corrected chi connectivity index (χ3v) is 3.38. The van der Waals surface area contributed by atoms with Crippen LogP contribution in [0.1, 0.15) is 55.4 Å². The monoisotopic (exact) mass is 251 g/mol. The normalized spacial score (nSPS) is 12.7. The fourth-order valence-electron chi connectivity index (χ4n) is 2.36. The SMILES string of the molecule is CCCC(C)OCC(=O)c1cc(C)n(CC)c1C. The minimum atomic E-state index is 0.0887. The lowest BCUT2D eigenvalue weighted by Gasteiger charge is -2.11. The number of ether oxygens (including phenoxy) is 1. The highest BCUT2D eigenvalue weighted by Crippen LogP contribution is 2.16. The Balaban J connectivity index is 2.67. The summed E-state index contributed by atoms with van der Waals surface area (Å²) in [6.45, 7) is 11.4. The number of ketones is 1. The zero-order valence-corrected chi connectivity index (χ0v) is 12.2. The van der Waals surface area contributed by atoms with E-state index in [1.807, 2.05) is 26.8 Å². The number of Topliss-reactive ketones (excluding diaryl/α,β-unsaturated/α-hetero) is 1. The first-order chi connectivity index (χ1) is 8.51. The quantitative estimate of drug-likeness (QED) is 0.694. The molecule has 0 radical (unpaired) electrons. The number of aromatic nitrogens is 1. The van der Waals surface area contributed by atoms with Crippen LogP contribution in [0, 0.1) is 13.8 Å². The Kier molecular flexibility index (Phi) is 5.60. The Bertz CT molecular complexity index is 407. The van der Waals surface area contributed by atoms with Crippen molar-refractivity contribution >= 4 is 5.78 Å². The van der Waals surface area contributed by atoms with Gasteiger partial charge >= 0.3 is 0 Å². The smallest absolute Gasteiger partial charge is 0.190 e. The molecular formula is C15H25NO2. The summed E-state index contributed by atoms with van der Waals surface area (Å²) < 4.78 is 7.73. The minimum absolute atomic E-state index is 0.0887. The Morgan fingerprint density at radius 3 is 2.56 bits per heavy atom. The van der Waals surface area contributed by atoms with Crippen LogP contribution >= 0.6 is 0 Å². The summed E-state index contributed by atoms with van der Waals surface area (Å²) >= 11 is 0. The van der Waals surface area contributed by atoms with Crippen LogP contribution in [0.3, 0.4) is 0 Å². The van der Waals surface area contributed by atoms with Crippen molar-refractivity contribution in [1.29, 1.82) is 0 Å². The van der Waals surface area contributed by atoms with Gasteiger partial charge in [-0.05, 0) is 40.2 Å². The summed E-state index contributed by atoms with van der Waals surface area (Å²) in [6, 6.07) is 1.97. The van der Waals surface area contributed by atoms with Crippen LogP contribution < -0.4 is 0 Å². The second-order valence-electron chi connectivity index (χ2n) is 4.86. The predicted molar refractivity (Wildman–Crippen MR) is 74.2 cm³/mol. The van der Waals surface area contributed by atoms with E-state index in [0.29, 0.717) is 0 Å². The number of carbonyl (C=O) groups excluding carboxylic acids is 1. The fourth-order valence-corrected chi connectivity index (χ4v) is 2.36. The van der Waals surface area contributed by atoms with Gasteiger partial charge in [0.2, 0.25) is 0 Å². The maximum Gasteiger partial charge on any atom is 0.190 e. The van der Waals surface area contributed by atoms with Crippen LogP contribution in [0.4, 0.5) is 0 Å². The summed E-state index contributed by atoms with van der Waals surface area (Å²) in [5.41, 5.74) is 2.99. The van der Waals surface area contributed by atoms with E-state index in [4.69, 9.17) is 4.74 Å². The van der Waals surface area contributed by atoms with Gasteiger partial charge in [0, 0.05) is 23.5 Å². The summed E-state index contributed by atoms with van der Waals surface area (Å²) in [7, 11) is 0. The maximum atomic E-state index is 12.1. The zero-order valence-electron chi connectivity index (χ0n) is 12.2. The van der Waals surface area contributed by atoms with E-state index >= 15 is 0 Å². The third kappa shape index (κ3) is 3.45. The molecule has 1 unspecified atom stereocenters. The van der Waals surface area contributed by atoms with Crippen LogP contribution in [-0.2, 0) is 11.3 Å². The number of carbonyl (C=O) groups is 1. The first-order valence-electron chi connectivity index (χ1n) is 6.82. The standard InChI is InChI=1S/C15H25NO2/c1-6-8-12(4)18-10-15(17)14-9-11(3)16(7-2)13(14)5/h9,12H,6-8,10H2,1-5H3. The van der Waals surface area contributed by atoms with Crippen LogP contribution in [0.5, 0.6) is 0 Å². The molecule has 0 saturated heterocycles. The van der Waals surface area contributed by atoms with Crippen molar-refractivity contribution in [2.24, 2.45) is 0 Å². The molecule has 1 rings (SSSR count). The molecule has 1 heterocycles. The van der Waals surface area contributed by atoms with Gasteiger partial charge in [-0.1, -0.05) is 13.3 Å². The van der Waals surface area contributed by atoms with Crippen LogP contribution in [0.2, 0.25) is 0 Å². The number of aryl methyl sites for hydroxylation is 1. The highest BCUT2D eigenvalue weighted by atomic mass is 16.5. The average molecular weight is 251 g/mol. The second-order valence-corrected chi connectivity index (χ2v) is 4.86. The topological polar surface area (TPSA) is 31.2 Å². The van der Waals surface area contributed by atoms with Crippen molar-refractivity contribution in [2.45, 2.75) is 60.1 Å². The number of hydrogen-bond acceptors (Lipinski definition) is 2. The molecule has 1 aromatic rings. The van der Waals surface area contributed by atoms with E-state index in [0.717, 1.165) is 36.3 Å². The average Bonchev–Trinajstić information content (AvgIpc) is 2.62. The van der Waals surface area contributed by atoms with E-state index in [1.54, 1.807) is 0 Å². The van der Waals surface area contributed by atoms with Gasteiger partial charge in [0.1, 0.15) is 6.61 Å². The Hall–Kier alpha value is -1.09. The highest BCUT2D eigenvalue weighted by Gasteiger charge is 2.15. The van der Waals surface area contributed by atoms with Gasteiger partial charge in [-0.15, -0.1) is 0 Å². The second kappa shape index (κ2) is 6.74. The van der Waals surface area contributed by atoms with Gasteiger partial charge < -0.3 is 9.30 Å². The molecule has 0 aliphatic rings. The van der Waals surface area contributed by atoms with Gasteiger partial charge in [-0.3, -0.25) is 4.79 Å². The molecule has 0 aliphatic heterocycles. The molecule has 0 amide bonds. The molecule has 3 heteroatoms. The minimum Gasteiger partial charge on any atom is -0.370 e. The first-order valence-corrected chi connectivity index (χ1v) is 6.82. The predicted octanol–water partition coefficient (Wildman–Crippen LogP) is 3.51. The molecule has 18 heavy (non-hydrogen) atoms. The van der Waals surface area contributed by atoms with Crippen LogP contribution in [0.25, 0.3) is 0 Å². The van der Waals surface area contributed by atoms with E-state index < -0.39 is 0 Å². The molecule has 1 aromatic heterocycles. The summed E-state index contributed by atoms with van der Waals surface area (Å²) in [5, 5.41) is 0.